The predicted molar refractivity (Wildman–Crippen MR) is 63.0 cm³/mol. The van der Waals surface area contributed by atoms with Gasteiger partial charge >= 0.3 is 5.97 Å². The van der Waals surface area contributed by atoms with Crippen LogP contribution in [0.2, 0.25) is 0 Å². The molecule has 0 radical (unpaired) electrons. The number of hydrogen-bond acceptors (Lipinski definition) is 2. The fourth-order valence-electron chi connectivity index (χ4n) is 1.50. The van der Waals surface area contributed by atoms with E-state index >= 15 is 0 Å². The molecule has 0 fully saturated rings. The highest BCUT2D eigenvalue weighted by molar-refractivity contribution is 5.85. The Balaban J connectivity index is 3.39. The van der Waals surface area contributed by atoms with Gasteiger partial charge in [-0.05, 0) is 38.9 Å². The number of nitrogens with zero attached hydrogens (tertiary/aromatic N) is 1. The monoisotopic (exact) mass is 213 g/mol. The molecule has 0 spiro atoms. The lowest BCUT2D eigenvalue weighted by Crippen LogP contribution is -2.23. The molecule has 88 valence electrons. The molecule has 0 rings (SSSR count). The van der Waals surface area contributed by atoms with Gasteiger partial charge in [0.25, 0.3) is 0 Å². The van der Waals surface area contributed by atoms with Crippen molar-refractivity contribution < 1.29 is 9.90 Å². The highest BCUT2D eigenvalue weighted by atomic mass is 16.4. The van der Waals surface area contributed by atoms with E-state index in [4.69, 9.17) is 5.11 Å². The van der Waals surface area contributed by atoms with Gasteiger partial charge < -0.3 is 10.0 Å². The number of carbonyl (C=O) groups is 1. The smallest absolute Gasteiger partial charge is 0.330 e. The third-order valence-corrected chi connectivity index (χ3v) is 2.65. The molecule has 0 aliphatic rings. The van der Waals surface area contributed by atoms with E-state index < -0.39 is 5.97 Å². The van der Waals surface area contributed by atoms with Gasteiger partial charge in [-0.25, -0.2) is 4.79 Å². The van der Waals surface area contributed by atoms with Crippen LogP contribution in [0.25, 0.3) is 0 Å². The molecule has 1 N–H and O–H groups in total. The van der Waals surface area contributed by atoms with Crippen LogP contribution in [0.4, 0.5) is 0 Å². The van der Waals surface area contributed by atoms with Gasteiger partial charge in [-0.3, -0.25) is 0 Å². The first-order valence-corrected chi connectivity index (χ1v) is 5.75. The summed E-state index contributed by atoms with van der Waals surface area (Å²) in [4.78, 5) is 12.8. The molecule has 0 bridgehead atoms. The molecular weight excluding hydrogens is 190 g/mol. The van der Waals surface area contributed by atoms with Crippen molar-refractivity contribution in [1.29, 1.82) is 0 Å². The topological polar surface area (TPSA) is 40.5 Å². The molecule has 0 unspecified atom stereocenters. The van der Waals surface area contributed by atoms with Gasteiger partial charge in [0, 0.05) is 5.57 Å². The molecule has 0 atom stereocenters. The third kappa shape index (κ3) is 7.14. The summed E-state index contributed by atoms with van der Waals surface area (Å²) in [6.07, 6.45) is 3.79. The minimum atomic E-state index is -0.862. The molecule has 0 aliphatic heterocycles. The van der Waals surface area contributed by atoms with Gasteiger partial charge in [-0.1, -0.05) is 26.8 Å². The van der Waals surface area contributed by atoms with Crippen LogP contribution in [0.1, 0.15) is 39.5 Å². The SMILES string of the molecule is C=C(CCCCCN(CC)CC)C(=O)O. The minimum absolute atomic E-state index is 0.331. The number of rotatable bonds is 9. The van der Waals surface area contributed by atoms with E-state index in [0.29, 0.717) is 12.0 Å². The van der Waals surface area contributed by atoms with E-state index in [1.54, 1.807) is 0 Å². The van der Waals surface area contributed by atoms with Crippen molar-refractivity contribution >= 4 is 5.97 Å². The highest BCUT2D eigenvalue weighted by Crippen LogP contribution is 2.07. The van der Waals surface area contributed by atoms with Crippen LogP contribution in [0, 0.1) is 0 Å². The standard InChI is InChI=1S/C12H23NO2/c1-4-13(5-2)10-8-6-7-9-11(3)12(14)15/h3-10H2,1-2H3,(H,14,15). The zero-order valence-corrected chi connectivity index (χ0v) is 9.96. The summed E-state index contributed by atoms with van der Waals surface area (Å²) in [6, 6.07) is 0. The second-order valence-electron chi connectivity index (χ2n) is 3.75. The van der Waals surface area contributed by atoms with E-state index in [9.17, 15) is 4.79 Å². The molecule has 0 aliphatic carbocycles. The van der Waals surface area contributed by atoms with Gasteiger partial charge in [-0.15, -0.1) is 0 Å². The summed E-state index contributed by atoms with van der Waals surface area (Å²) in [6.45, 7) is 11.1. The van der Waals surface area contributed by atoms with Crippen molar-refractivity contribution in [2.45, 2.75) is 39.5 Å². The van der Waals surface area contributed by atoms with Crippen LogP contribution >= 0.6 is 0 Å². The molecule has 0 aromatic rings. The van der Waals surface area contributed by atoms with E-state index in [-0.39, 0.29) is 0 Å². The molecule has 15 heavy (non-hydrogen) atoms. The zero-order chi connectivity index (χ0) is 11.7. The quantitative estimate of drug-likeness (QED) is 0.472. The van der Waals surface area contributed by atoms with Gasteiger partial charge in [0.1, 0.15) is 0 Å². The second kappa shape index (κ2) is 8.48. The van der Waals surface area contributed by atoms with Crippen LogP contribution in [0.15, 0.2) is 12.2 Å². The average molecular weight is 213 g/mol. The van der Waals surface area contributed by atoms with Crippen molar-refractivity contribution in [2.24, 2.45) is 0 Å². The summed E-state index contributed by atoms with van der Waals surface area (Å²) in [7, 11) is 0. The summed E-state index contributed by atoms with van der Waals surface area (Å²) in [5.74, 6) is -0.862. The van der Waals surface area contributed by atoms with Gasteiger partial charge in [-0.2, -0.15) is 0 Å². The third-order valence-electron chi connectivity index (χ3n) is 2.65. The molecular formula is C12H23NO2. The van der Waals surface area contributed by atoms with Crippen LogP contribution < -0.4 is 0 Å². The Kier molecular flexibility index (Phi) is 8.01. The largest absolute Gasteiger partial charge is 0.478 e. The van der Waals surface area contributed by atoms with Gasteiger partial charge in [0.15, 0.2) is 0 Å². The van der Waals surface area contributed by atoms with Crippen molar-refractivity contribution in [2.75, 3.05) is 19.6 Å². The van der Waals surface area contributed by atoms with E-state index in [1.165, 1.54) is 0 Å². The lowest BCUT2D eigenvalue weighted by atomic mass is 10.1. The van der Waals surface area contributed by atoms with Gasteiger partial charge in [0.2, 0.25) is 0 Å². The Bertz CT molecular complexity index is 198. The van der Waals surface area contributed by atoms with Crippen LogP contribution in [-0.4, -0.2) is 35.6 Å². The fourth-order valence-corrected chi connectivity index (χ4v) is 1.50. The number of carboxylic acids is 1. The molecule has 0 saturated heterocycles. The van der Waals surface area contributed by atoms with E-state index in [0.717, 1.165) is 38.9 Å². The maximum atomic E-state index is 10.5. The molecule has 3 nitrogen and oxygen atoms in total. The first kappa shape index (κ1) is 14.2. The molecule has 0 heterocycles. The Hall–Kier alpha value is -0.830. The summed E-state index contributed by atoms with van der Waals surface area (Å²) in [5.41, 5.74) is 0.331. The van der Waals surface area contributed by atoms with Crippen molar-refractivity contribution in [3.63, 3.8) is 0 Å². The van der Waals surface area contributed by atoms with Gasteiger partial charge in [0.05, 0.1) is 0 Å². The van der Waals surface area contributed by atoms with Crippen molar-refractivity contribution in [3.05, 3.63) is 12.2 Å². The van der Waals surface area contributed by atoms with Crippen molar-refractivity contribution in [3.8, 4) is 0 Å². The van der Waals surface area contributed by atoms with E-state index in [2.05, 4.69) is 25.3 Å². The Morgan fingerprint density at radius 3 is 2.27 bits per heavy atom. The number of unbranched alkanes of at least 4 members (excludes halogenated alkanes) is 2. The van der Waals surface area contributed by atoms with Crippen LogP contribution in [-0.2, 0) is 4.79 Å². The maximum Gasteiger partial charge on any atom is 0.330 e. The first-order chi connectivity index (χ1) is 7.11. The molecule has 0 amide bonds. The van der Waals surface area contributed by atoms with Crippen molar-refractivity contribution in [1.82, 2.24) is 4.90 Å². The first-order valence-electron chi connectivity index (χ1n) is 5.75. The predicted octanol–water partition coefficient (Wildman–Crippen LogP) is 2.53. The lowest BCUT2D eigenvalue weighted by molar-refractivity contribution is -0.132. The summed E-state index contributed by atoms with van der Waals surface area (Å²) in [5, 5.41) is 8.60. The van der Waals surface area contributed by atoms with E-state index in [1.807, 2.05) is 0 Å². The summed E-state index contributed by atoms with van der Waals surface area (Å²) >= 11 is 0. The molecule has 3 heteroatoms. The second-order valence-corrected chi connectivity index (χ2v) is 3.75. The molecule has 0 saturated carbocycles. The normalized spacial score (nSPS) is 10.6. The lowest BCUT2D eigenvalue weighted by Gasteiger charge is -2.17. The highest BCUT2D eigenvalue weighted by Gasteiger charge is 2.03. The Labute approximate surface area is 92.8 Å². The Morgan fingerprint density at radius 2 is 1.80 bits per heavy atom. The maximum absolute atomic E-state index is 10.5. The molecule has 0 aromatic heterocycles. The average Bonchev–Trinajstić information content (AvgIpc) is 2.23. The summed E-state index contributed by atoms with van der Waals surface area (Å²) < 4.78 is 0. The number of hydrogen-bond donors (Lipinski definition) is 1. The Morgan fingerprint density at radius 1 is 1.20 bits per heavy atom. The molecule has 0 aromatic carbocycles. The zero-order valence-electron chi connectivity index (χ0n) is 9.96. The van der Waals surface area contributed by atoms with Crippen LogP contribution in [0.3, 0.4) is 0 Å². The fraction of sp³-hybridized carbons (Fsp3) is 0.750. The number of aliphatic carboxylic acids is 1. The van der Waals surface area contributed by atoms with Crippen LogP contribution in [0.5, 0.6) is 0 Å². The minimum Gasteiger partial charge on any atom is -0.478 e. The number of carboxylic acid groups (broad SMARTS) is 1.